The lowest BCUT2D eigenvalue weighted by Crippen LogP contribution is -2.45. The summed E-state index contributed by atoms with van der Waals surface area (Å²) in [6.45, 7) is 5.01. The summed E-state index contributed by atoms with van der Waals surface area (Å²) >= 11 is 0. The Morgan fingerprint density at radius 3 is 2.47 bits per heavy atom. The Morgan fingerprint density at radius 1 is 1.13 bits per heavy atom. The van der Waals surface area contributed by atoms with Gasteiger partial charge in [-0.3, -0.25) is 0 Å². The lowest BCUT2D eigenvalue weighted by molar-refractivity contribution is 0.715. The normalized spacial score (nSPS) is 21.6. The molecule has 0 aromatic heterocycles. The first kappa shape index (κ1) is 10.7. The molecule has 15 heavy (non-hydrogen) atoms. The van der Waals surface area contributed by atoms with Crippen LogP contribution >= 0.6 is 0 Å². The smallest absolute Gasteiger partial charge is 0.0873 e. The van der Waals surface area contributed by atoms with Crippen LogP contribution in [0.2, 0.25) is 18.6 Å². The molecule has 1 aromatic rings. The Kier molecular flexibility index (Phi) is 3.10. The highest BCUT2D eigenvalue weighted by molar-refractivity contribution is 6.91. The lowest BCUT2D eigenvalue weighted by Gasteiger charge is -2.32. The maximum atomic E-state index is 2.50. The van der Waals surface area contributed by atoms with Gasteiger partial charge >= 0.3 is 0 Å². The van der Waals surface area contributed by atoms with Crippen molar-refractivity contribution in [2.75, 3.05) is 0 Å². The van der Waals surface area contributed by atoms with E-state index < -0.39 is 8.07 Å². The molecule has 2 rings (SSSR count). The van der Waals surface area contributed by atoms with Crippen LogP contribution in [0.5, 0.6) is 0 Å². The number of hydrogen-bond donors (Lipinski definition) is 0. The summed E-state index contributed by atoms with van der Waals surface area (Å²) in [6.07, 6.45) is 8.92. The summed E-state index contributed by atoms with van der Waals surface area (Å²) in [5, 5.41) is 1.60. The summed E-state index contributed by atoms with van der Waals surface area (Å²) in [6, 6.07) is 11.1. The van der Waals surface area contributed by atoms with Crippen molar-refractivity contribution in [2.45, 2.75) is 37.9 Å². The standard InChI is InChI=1S/C14H20Si/c1-15(2,13-9-5-3-6-10-13)14-11-7-4-8-12-14/h3,5-7,9-11,14H,4,8,12H2,1-2H3/t14-/m1/s1. The van der Waals surface area contributed by atoms with E-state index in [1.807, 2.05) is 0 Å². The fraction of sp³-hybridized carbons (Fsp3) is 0.429. The lowest BCUT2D eigenvalue weighted by atomic mass is 10.1. The van der Waals surface area contributed by atoms with E-state index in [1.54, 1.807) is 5.19 Å². The monoisotopic (exact) mass is 216 g/mol. The summed E-state index contributed by atoms with van der Waals surface area (Å²) in [7, 11) is -1.27. The maximum Gasteiger partial charge on any atom is 0.0873 e. The molecule has 0 bridgehead atoms. The molecule has 1 heteroatoms. The highest BCUT2D eigenvalue weighted by atomic mass is 28.3. The van der Waals surface area contributed by atoms with Gasteiger partial charge in [-0.15, -0.1) is 0 Å². The first-order valence-corrected chi connectivity index (χ1v) is 9.01. The molecule has 0 fully saturated rings. The molecule has 80 valence electrons. The van der Waals surface area contributed by atoms with Crippen LogP contribution in [-0.2, 0) is 0 Å². The van der Waals surface area contributed by atoms with Crippen LogP contribution in [0.4, 0.5) is 0 Å². The van der Waals surface area contributed by atoms with Gasteiger partial charge in [0.05, 0.1) is 8.07 Å². The van der Waals surface area contributed by atoms with Crippen LogP contribution < -0.4 is 5.19 Å². The Bertz CT molecular complexity index is 338. The molecule has 1 atom stereocenters. The number of allylic oxidation sites excluding steroid dienone is 2. The van der Waals surface area contributed by atoms with Gasteiger partial charge in [-0.2, -0.15) is 0 Å². The molecular formula is C14H20Si. The molecule has 0 saturated heterocycles. The third-order valence-electron chi connectivity index (χ3n) is 3.70. The van der Waals surface area contributed by atoms with Gasteiger partial charge in [-0.1, -0.05) is 60.8 Å². The second kappa shape index (κ2) is 4.36. The minimum Gasteiger partial charge on any atom is -0.0885 e. The van der Waals surface area contributed by atoms with Crippen LogP contribution in [-0.4, -0.2) is 8.07 Å². The Balaban J connectivity index is 2.26. The van der Waals surface area contributed by atoms with Crippen molar-refractivity contribution >= 4 is 13.3 Å². The van der Waals surface area contributed by atoms with Gasteiger partial charge in [-0.25, -0.2) is 0 Å². The molecule has 0 saturated carbocycles. The van der Waals surface area contributed by atoms with Gasteiger partial charge in [0, 0.05) is 0 Å². The van der Waals surface area contributed by atoms with E-state index in [0.717, 1.165) is 5.54 Å². The van der Waals surface area contributed by atoms with Crippen LogP contribution in [0.15, 0.2) is 42.5 Å². The summed E-state index contributed by atoms with van der Waals surface area (Å²) in [4.78, 5) is 0. The largest absolute Gasteiger partial charge is 0.0885 e. The minimum atomic E-state index is -1.27. The Hall–Kier alpha value is -0.823. The van der Waals surface area contributed by atoms with Gasteiger partial charge in [0.25, 0.3) is 0 Å². The fourth-order valence-electron chi connectivity index (χ4n) is 2.50. The van der Waals surface area contributed by atoms with Crippen molar-refractivity contribution in [3.63, 3.8) is 0 Å². The molecule has 0 spiro atoms. The van der Waals surface area contributed by atoms with Gasteiger partial charge < -0.3 is 0 Å². The van der Waals surface area contributed by atoms with E-state index >= 15 is 0 Å². The molecular weight excluding hydrogens is 196 g/mol. The number of benzene rings is 1. The van der Waals surface area contributed by atoms with Gasteiger partial charge in [0.1, 0.15) is 0 Å². The van der Waals surface area contributed by atoms with Crippen LogP contribution in [0, 0.1) is 0 Å². The van der Waals surface area contributed by atoms with E-state index in [0.29, 0.717) is 0 Å². The third-order valence-corrected chi connectivity index (χ3v) is 7.86. The van der Waals surface area contributed by atoms with E-state index in [4.69, 9.17) is 0 Å². The van der Waals surface area contributed by atoms with Gasteiger partial charge in [0.15, 0.2) is 0 Å². The molecule has 0 amide bonds. The fourth-order valence-corrected chi connectivity index (χ4v) is 5.52. The van der Waals surface area contributed by atoms with Crippen molar-refractivity contribution in [3.05, 3.63) is 42.5 Å². The van der Waals surface area contributed by atoms with Crippen LogP contribution in [0.25, 0.3) is 0 Å². The number of hydrogen-bond acceptors (Lipinski definition) is 0. The Morgan fingerprint density at radius 2 is 1.87 bits per heavy atom. The van der Waals surface area contributed by atoms with Crippen molar-refractivity contribution in [2.24, 2.45) is 0 Å². The SMILES string of the molecule is C[Si](C)(c1ccccc1)[C@@H]1C=CCCC1. The van der Waals surface area contributed by atoms with Gasteiger partial charge in [-0.05, 0) is 24.8 Å². The topological polar surface area (TPSA) is 0 Å². The first-order valence-electron chi connectivity index (χ1n) is 5.93. The molecule has 1 aliphatic carbocycles. The zero-order valence-corrected chi connectivity index (χ0v) is 10.7. The van der Waals surface area contributed by atoms with Crippen molar-refractivity contribution < 1.29 is 0 Å². The first-order chi connectivity index (χ1) is 7.21. The van der Waals surface area contributed by atoms with Crippen LogP contribution in [0.1, 0.15) is 19.3 Å². The van der Waals surface area contributed by atoms with E-state index in [-0.39, 0.29) is 0 Å². The third kappa shape index (κ3) is 2.23. The maximum absolute atomic E-state index is 2.50. The average molecular weight is 216 g/mol. The summed E-state index contributed by atoms with van der Waals surface area (Å²) in [5.74, 6) is 0. The Labute approximate surface area is 94.0 Å². The highest BCUT2D eigenvalue weighted by Gasteiger charge is 2.31. The summed E-state index contributed by atoms with van der Waals surface area (Å²) in [5.41, 5.74) is 0.841. The van der Waals surface area contributed by atoms with Crippen molar-refractivity contribution in [1.82, 2.24) is 0 Å². The van der Waals surface area contributed by atoms with E-state index in [1.165, 1.54) is 19.3 Å². The zero-order chi connectivity index (χ0) is 10.7. The quantitative estimate of drug-likeness (QED) is 0.522. The molecule has 0 N–H and O–H groups in total. The molecule has 0 unspecified atom stereocenters. The average Bonchev–Trinajstić information content (AvgIpc) is 2.31. The minimum absolute atomic E-state index is 0.841. The second-order valence-corrected chi connectivity index (χ2v) is 9.82. The predicted octanol–water partition coefficient (Wildman–Crippen LogP) is 3.71. The molecule has 1 aliphatic rings. The predicted molar refractivity (Wildman–Crippen MR) is 70.3 cm³/mol. The molecule has 0 heterocycles. The molecule has 0 radical (unpaired) electrons. The zero-order valence-electron chi connectivity index (χ0n) is 9.74. The highest BCUT2D eigenvalue weighted by Crippen LogP contribution is 2.32. The number of rotatable bonds is 2. The van der Waals surface area contributed by atoms with Crippen LogP contribution in [0.3, 0.4) is 0 Å². The van der Waals surface area contributed by atoms with Crippen molar-refractivity contribution in [3.8, 4) is 0 Å². The van der Waals surface area contributed by atoms with Crippen molar-refractivity contribution in [1.29, 1.82) is 0 Å². The summed E-state index contributed by atoms with van der Waals surface area (Å²) < 4.78 is 0. The van der Waals surface area contributed by atoms with E-state index in [9.17, 15) is 0 Å². The second-order valence-electron chi connectivity index (χ2n) is 5.05. The van der Waals surface area contributed by atoms with Gasteiger partial charge in [0.2, 0.25) is 0 Å². The molecule has 1 aromatic carbocycles. The molecule has 0 aliphatic heterocycles. The molecule has 0 nitrogen and oxygen atoms in total. The van der Waals surface area contributed by atoms with E-state index in [2.05, 4.69) is 55.6 Å².